The molecule has 1 aliphatic carbocycles. The summed E-state index contributed by atoms with van der Waals surface area (Å²) < 4.78 is 5.93. The zero-order valence-corrected chi connectivity index (χ0v) is 11.4. The quantitative estimate of drug-likeness (QED) is 0.822. The van der Waals surface area contributed by atoms with Crippen molar-refractivity contribution in [1.29, 1.82) is 0 Å². The lowest BCUT2D eigenvalue weighted by Gasteiger charge is -2.22. The molecule has 0 heterocycles. The summed E-state index contributed by atoms with van der Waals surface area (Å²) in [5.41, 5.74) is 1.32. The maximum absolute atomic E-state index is 10.0. The highest BCUT2D eigenvalue weighted by Crippen LogP contribution is 2.24. The van der Waals surface area contributed by atoms with Crippen molar-refractivity contribution in [1.82, 2.24) is 0 Å². The van der Waals surface area contributed by atoms with Crippen LogP contribution in [0.4, 0.5) is 0 Å². The smallest absolute Gasteiger partial charge is 0.124 e. The molecule has 2 rings (SSSR count). The monoisotopic (exact) mass is 248 g/mol. The van der Waals surface area contributed by atoms with Crippen molar-refractivity contribution in [2.75, 3.05) is 0 Å². The molecule has 1 saturated carbocycles. The Bertz CT molecular complexity index is 356. The Morgan fingerprint density at radius 3 is 2.39 bits per heavy atom. The highest BCUT2D eigenvalue weighted by Gasteiger charge is 2.23. The number of aliphatic hydroxyl groups is 1. The van der Waals surface area contributed by atoms with Crippen LogP contribution in [0.15, 0.2) is 24.3 Å². The van der Waals surface area contributed by atoms with Crippen LogP contribution in [-0.2, 0) is 0 Å². The summed E-state index contributed by atoms with van der Waals surface area (Å²) in [6, 6.07) is 8.27. The first-order valence-electron chi connectivity index (χ1n) is 7.11. The van der Waals surface area contributed by atoms with Gasteiger partial charge in [-0.15, -0.1) is 0 Å². The Morgan fingerprint density at radius 1 is 1.06 bits per heavy atom. The van der Waals surface area contributed by atoms with E-state index in [2.05, 4.69) is 26.0 Å². The molecule has 0 aromatic heterocycles. The first-order valence-corrected chi connectivity index (χ1v) is 7.11. The van der Waals surface area contributed by atoms with Crippen molar-refractivity contribution in [3.8, 4) is 5.75 Å². The van der Waals surface area contributed by atoms with Gasteiger partial charge in [0.05, 0.1) is 6.10 Å². The molecule has 1 aromatic rings. The van der Waals surface area contributed by atoms with Gasteiger partial charge in [0.1, 0.15) is 11.9 Å². The second-order valence-corrected chi connectivity index (χ2v) is 5.59. The van der Waals surface area contributed by atoms with E-state index in [1.165, 1.54) is 12.0 Å². The van der Waals surface area contributed by atoms with Crippen LogP contribution in [0.5, 0.6) is 5.75 Å². The number of ether oxygens (including phenoxy) is 1. The van der Waals surface area contributed by atoms with Crippen LogP contribution in [0.3, 0.4) is 0 Å². The molecular weight excluding hydrogens is 224 g/mol. The molecule has 0 spiro atoms. The molecule has 18 heavy (non-hydrogen) atoms. The second kappa shape index (κ2) is 6.24. The molecule has 2 nitrogen and oxygen atoms in total. The SMILES string of the molecule is CC(C)c1ccc(OC2CCCCCC2O)cc1. The van der Waals surface area contributed by atoms with Gasteiger partial charge in [0.15, 0.2) is 0 Å². The summed E-state index contributed by atoms with van der Waals surface area (Å²) in [4.78, 5) is 0. The lowest BCUT2D eigenvalue weighted by atomic mass is 10.0. The Labute approximate surface area is 110 Å². The van der Waals surface area contributed by atoms with E-state index < -0.39 is 0 Å². The minimum Gasteiger partial charge on any atom is -0.488 e. The van der Waals surface area contributed by atoms with Crippen molar-refractivity contribution in [2.24, 2.45) is 0 Å². The van der Waals surface area contributed by atoms with Gasteiger partial charge in [-0.1, -0.05) is 38.8 Å². The summed E-state index contributed by atoms with van der Waals surface area (Å²) in [6.45, 7) is 4.37. The largest absolute Gasteiger partial charge is 0.488 e. The number of aliphatic hydroxyl groups excluding tert-OH is 1. The molecule has 1 aliphatic rings. The van der Waals surface area contributed by atoms with Crippen molar-refractivity contribution < 1.29 is 9.84 Å². The standard InChI is InChI=1S/C16H24O2/c1-12(2)13-8-10-14(11-9-13)18-16-7-5-3-4-6-15(16)17/h8-12,15-17H,3-7H2,1-2H3. The Balaban J connectivity index is 1.99. The van der Waals surface area contributed by atoms with Crippen molar-refractivity contribution >= 4 is 0 Å². The average molecular weight is 248 g/mol. The van der Waals surface area contributed by atoms with Crippen LogP contribution in [0.1, 0.15) is 57.4 Å². The van der Waals surface area contributed by atoms with Crippen molar-refractivity contribution in [2.45, 2.75) is 64.1 Å². The molecule has 2 heteroatoms. The number of hydrogen-bond donors (Lipinski definition) is 1. The zero-order valence-electron chi connectivity index (χ0n) is 11.4. The van der Waals surface area contributed by atoms with E-state index in [0.717, 1.165) is 31.4 Å². The van der Waals surface area contributed by atoms with Crippen LogP contribution in [0, 0.1) is 0 Å². The highest BCUT2D eigenvalue weighted by molar-refractivity contribution is 5.29. The number of benzene rings is 1. The first kappa shape index (κ1) is 13.4. The minimum absolute atomic E-state index is 0.0302. The topological polar surface area (TPSA) is 29.5 Å². The van der Waals surface area contributed by atoms with Crippen molar-refractivity contribution in [3.05, 3.63) is 29.8 Å². The van der Waals surface area contributed by atoms with Crippen LogP contribution in [-0.4, -0.2) is 17.3 Å². The van der Waals surface area contributed by atoms with Gasteiger partial charge in [-0.3, -0.25) is 0 Å². The van der Waals surface area contributed by atoms with Crippen LogP contribution in [0.2, 0.25) is 0 Å². The van der Waals surface area contributed by atoms with Gasteiger partial charge in [-0.2, -0.15) is 0 Å². The van der Waals surface area contributed by atoms with Crippen LogP contribution in [0.25, 0.3) is 0 Å². The fourth-order valence-corrected chi connectivity index (χ4v) is 2.50. The van der Waals surface area contributed by atoms with E-state index in [9.17, 15) is 5.11 Å². The lowest BCUT2D eigenvalue weighted by Crippen LogP contribution is -2.30. The van der Waals surface area contributed by atoms with Gasteiger partial charge in [-0.05, 0) is 42.9 Å². The van der Waals surface area contributed by atoms with Gasteiger partial charge in [0.25, 0.3) is 0 Å². The molecule has 0 aliphatic heterocycles. The molecular formula is C16H24O2. The molecule has 2 atom stereocenters. The summed E-state index contributed by atoms with van der Waals surface area (Å²) >= 11 is 0. The fraction of sp³-hybridized carbons (Fsp3) is 0.625. The third-order valence-corrected chi connectivity index (χ3v) is 3.75. The first-order chi connectivity index (χ1) is 8.66. The van der Waals surface area contributed by atoms with Gasteiger partial charge in [0, 0.05) is 0 Å². The van der Waals surface area contributed by atoms with E-state index in [0.29, 0.717) is 5.92 Å². The molecule has 0 radical (unpaired) electrons. The molecule has 1 fully saturated rings. The summed E-state index contributed by atoms with van der Waals surface area (Å²) in [7, 11) is 0. The number of hydrogen-bond acceptors (Lipinski definition) is 2. The van der Waals surface area contributed by atoms with Gasteiger partial charge >= 0.3 is 0 Å². The minimum atomic E-state index is -0.308. The second-order valence-electron chi connectivity index (χ2n) is 5.59. The summed E-state index contributed by atoms with van der Waals surface area (Å²) in [6.07, 6.45) is 4.99. The summed E-state index contributed by atoms with van der Waals surface area (Å²) in [5, 5.41) is 10.0. The normalized spacial score (nSPS) is 24.9. The van der Waals surface area contributed by atoms with E-state index >= 15 is 0 Å². The molecule has 1 aromatic carbocycles. The molecule has 100 valence electrons. The molecule has 0 amide bonds. The maximum Gasteiger partial charge on any atom is 0.124 e. The molecule has 0 saturated heterocycles. The molecule has 1 N–H and O–H groups in total. The third kappa shape index (κ3) is 3.49. The predicted molar refractivity (Wildman–Crippen MR) is 74.0 cm³/mol. The van der Waals surface area contributed by atoms with Gasteiger partial charge in [0.2, 0.25) is 0 Å². The average Bonchev–Trinajstić information content (AvgIpc) is 2.56. The number of rotatable bonds is 3. The predicted octanol–water partition coefficient (Wildman–Crippen LogP) is 3.88. The Hall–Kier alpha value is -1.02. The van der Waals surface area contributed by atoms with E-state index in [1.54, 1.807) is 0 Å². The van der Waals surface area contributed by atoms with E-state index in [4.69, 9.17) is 4.74 Å². The third-order valence-electron chi connectivity index (χ3n) is 3.75. The highest BCUT2D eigenvalue weighted by atomic mass is 16.5. The van der Waals surface area contributed by atoms with Gasteiger partial charge < -0.3 is 9.84 Å². The van der Waals surface area contributed by atoms with E-state index in [1.807, 2.05) is 12.1 Å². The Kier molecular flexibility index (Phi) is 4.65. The van der Waals surface area contributed by atoms with Crippen LogP contribution < -0.4 is 4.74 Å². The van der Waals surface area contributed by atoms with Crippen molar-refractivity contribution in [3.63, 3.8) is 0 Å². The van der Waals surface area contributed by atoms with Gasteiger partial charge in [-0.25, -0.2) is 0 Å². The fourth-order valence-electron chi connectivity index (χ4n) is 2.50. The summed E-state index contributed by atoms with van der Waals surface area (Å²) in [5.74, 6) is 1.42. The lowest BCUT2D eigenvalue weighted by molar-refractivity contribution is 0.0320. The van der Waals surface area contributed by atoms with E-state index in [-0.39, 0.29) is 12.2 Å². The molecule has 0 bridgehead atoms. The Morgan fingerprint density at radius 2 is 1.72 bits per heavy atom. The zero-order chi connectivity index (χ0) is 13.0. The van der Waals surface area contributed by atoms with Crippen LogP contribution >= 0.6 is 0 Å². The molecule has 2 unspecified atom stereocenters. The maximum atomic E-state index is 10.0.